The Kier molecular flexibility index (Phi) is 5.30. The number of para-hydroxylation sites is 2. The lowest BCUT2D eigenvalue weighted by molar-refractivity contribution is -0.147. The zero-order valence-electron chi connectivity index (χ0n) is 11.8. The quantitative estimate of drug-likeness (QED) is 0.876. The van der Waals surface area contributed by atoms with Gasteiger partial charge in [0.15, 0.2) is 0 Å². The lowest BCUT2D eigenvalue weighted by atomic mass is 9.78. The summed E-state index contributed by atoms with van der Waals surface area (Å²) in [5.41, 5.74) is 0.113. The van der Waals surface area contributed by atoms with E-state index in [0.717, 1.165) is 12.8 Å². The molecule has 1 amide bonds. The maximum atomic E-state index is 12.3. The van der Waals surface area contributed by atoms with Crippen LogP contribution in [0.3, 0.4) is 0 Å². The molecule has 2 atom stereocenters. The van der Waals surface area contributed by atoms with Crippen LogP contribution in [0, 0.1) is 11.8 Å². The van der Waals surface area contributed by atoms with Gasteiger partial charge in [0, 0.05) is 0 Å². The number of carbonyl (C=O) groups is 2. The van der Waals surface area contributed by atoms with Gasteiger partial charge in [0.1, 0.15) is 5.75 Å². The van der Waals surface area contributed by atoms with Gasteiger partial charge in [-0.2, -0.15) is 8.78 Å². The molecular formula is C15H17F2NO4. The van der Waals surface area contributed by atoms with Crippen LogP contribution in [0.2, 0.25) is 0 Å². The number of carboxylic acids is 1. The van der Waals surface area contributed by atoms with Gasteiger partial charge in [0.2, 0.25) is 5.91 Å². The monoisotopic (exact) mass is 313 g/mol. The summed E-state index contributed by atoms with van der Waals surface area (Å²) in [6.45, 7) is -3.00. The van der Waals surface area contributed by atoms with E-state index in [4.69, 9.17) is 0 Å². The number of halogens is 2. The van der Waals surface area contributed by atoms with Crippen LogP contribution in [-0.2, 0) is 9.59 Å². The number of hydrogen-bond donors (Lipinski definition) is 2. The number of alkyl halides is 2. The lowest BCUT2D eigenvalue weighted by Gasteiger charge is -2.27. The van der Waals surface area contributed by atoms with Gasteiger partial charge in [-0.15, -0.1) is 0 Å². The topological polar surface area (TPSA) is 75.6 Å². The second-order valence-corrected chi connectivity index (χ2v) is 5.20. The van der Waals surface area contributed by atoms with Gasteiger partial charge in [0.25, 0.3) is 0 Å². The van der Waals surface area contributed by atoms with Crippen LogP contribution in [0.5, 0.6) is 5.75 Å². The third-order valence-corrected chi connectivity index (χ3v) is 3.78. The summed E-state index contributed by atoms with van der Waals surface area (Å²) in [5.74, 6) is -3.02. The SMILES string of the molecule is O=C(O)[C@H]1CCCC[C@@H]1C(=O)Nc1ccccc1OC(F)F. The fourth-order valence-corrected chi connectivity index (χ4v) is 2.73. The van der Waals surface area contributed by atoms with E-state index in [2.05, 4.69) is 10.1 Å². The Labute approximate surface area is 126 Å². The van der Waals surface area contributed by atoms with E-state index < -0.39 is 30.3 Å². The normalized spacial score (nSPS) is 21.4. The van der Waals surface area contributed by atoms with E-state index in [1.807, 2.05) is 0 Å². The minimum Gasteiger partial charge on any atom is -0.481 e. The molecule has 0 spiro atoms. The van der Waals surface area contributed by atoms with Crippen molar-refractivity contribution in [2.45, 2.75) is 32.3 Å². The maximum absolute atomic E-state index is 12.3. The third kappa shape index (κ3) is 3.93. The molecular weight excluding hydrogens is 296 g/mol. The van der Waals surface area contributed by atoms with Crippen LogP contribution in [0.15, 0.2) is 24.3 Å². The Morgan fingerprint density at radius 3 is 2.45 bits per heavy atom. The van der Waals surface area contributed by atoms with E-state index in [-0.39, 0.29) is 11.4 Å². The van der Waals surface area contributed by atoms with Gasteiger partial charge >= 0.3 is 12.6 Å². The minimum absolute atomic E-state index is 0.113. The van der Waals surface area contributed by atoms with E-state index in [9.17, 15) is 23.5 Å². The van der Waals surface area contributed by atoms with Crippen molar-refractivity contribution in [2.75, 3.05) is 5.32 Å². The fourth-order valence-electron chi connectivity index (χ4n) is 2.73. The molecule has 1 aromatic carbocycles. The number of carbonyl (C=O) groups excluding carboxylic acids is 1. The summed E-state index contributed by atoms with van der Waals surface area (Å²) in [6, 6.07) is 5.84. The molecule has 0 aromatic heterocycles. The Balaban J connectivity index is 2.12. The summed E-state index contributed by atoms with van der Waals surface area (Å²) < 4.78 is 29.0. The highest BCUT2D eigenvalue weighted by molar-refractivity contribution is 5.96. The Morgan fingerprint density at radius 2 is 1.82 bits per heavy atom. The Hall–Kier alpha value is -2.18. The summed E-state index contributed by atoms with van der Waals surface area (Å²) in [4.78, 5) is 23.5. The number of hydrogen-bond acceptors (Lipinski definition) is 3. The molecule has 120 valence electrons. The molecule has 2 rings (SSSR count). The summed E-state index contributed by atoms with van der Waals surface area (Å²) in [5, 5.41) is 11.7. The first-order valence-electron chi connectivity index (χ1n) is 7.06. The van der Waals surface area contributed by atoms with Crippen LogP contribution >= 0.6 is 0 Å². The van der Waals surface area contributed by atoms with E-state index in [1.165, 1.54) is 18.2 Å². The summed E-state index contributed by atoms with van der Waals surface area (Å²) >= 11 is 0. The predicted molar refractivity (Wildman–Crippen MR) is 74.8 cm³/mol. The Morgan fingerprint density at radius 1 is 1.18 bits per heavy atom. The third-order valence-electron chi connectivity index (χ3n) is 3.78. The first-order valence-corrected chi connectivity index (χ1v) is 7.06. The zero-order chi connectivity index (χ0) is 16.1. The molecule has 0 bridgehead atoms. The zero-order valence-corrected chi connectivity index (χ0v) is 11.8. The first kappa shape index (κ1) is 16.2. The van der Waals surface area contributed by atoms with Crippen molar-refractivity contribution in [3.05, 3.63) is 24.3 Å². The predicted octanol–water partition coefficient (Wildman–Crippen LogP) is 3.12. The molecule has 0 heterocycles. The second kappa shape index (κ2) is 7.20. The summed E-state index contributed by atoms with van der Waals surface area (Å²) in [7, 11) is 0. The van der Waals surface area contributed by atoms with E-state index in [1.54, 1.807) is 6.07 Å². The van der Waals surface area contributed by atoms with Crippen molar-refractivity contribution in [1.82, 2.24) is 0 Å². The number of anilines is 1. The molecule has 1 aliphatic carbocycles. The largest absolute Gasteiger partial charge is 0.481 e. The van der Waals surface area contributed by atoms with Gasteiger partial charge in [-0.05, 0) is 25.0 Å². The molecule has 0 aliphatic heterocycles. The number of nitrogens with one attached hydrogen (secondary N) is 1. The van der Waals surface area contributed by atoms with Crippen molar-refractivity contribution in [3.8, 4) is 5.75 Å². The number of benzene rings is 1. The van der Waals surface area contributed by atoms with E-state index in [0.29, 0.717) is 12.8 Å². The molecule has 7 heteroatoms. The van der Waals surface area contributed by atoms with Gasteiger partial charge in [-0.3, -0.25) is 9.59 Å². The molecule has 0 unspecified atom stereocenters. The number of ether oxygens (including phenoxy) is 1. The molecule has 1 aliphatic rings. The van der Waals surface area contributed by atoms with Crippen molar-refractivity contribution in [1.29, 1.82) is 0 Å². The van der Waals surface area contributed by atoms with Crippen molar-refractivity contribution in [2.24, 2.45) is 11.8 Å². The van der Waals surface area contributed by atoms with E-state index >= 15 is 0 Å². The number of carboxylic acid groups (broad SMARTS) is 1. The smallest absolute Gasteiger partial charge is 0.387 e. The molecule has 22 heavy (non-hydrogen) atoms. The number of aliphatic carboxylic acids is 1. The first-order chi connectivity index (χ1) is 10.5. The van der Waals surface area contributed by atoms with Gasteiger partial charge in [-0.25, -0.2) is 0 Å². The average Bonchev–Trinajstić information content (AvgIpc) is 2.48. The van der Waals surface area contributed by atoms with Crippen molar-refractivity contribution < 1.29 is 28.2 Å². The van der Waals surface area contributed by atoms with Gasteiger partial charge in [-0.1, -0.05) is 25.0 Å². The van der Waals surface area contributed by atoms with Crippen LogP contribution in [0.1, 0.15) is 25.7 Å². The van der Waals surface area contributed by atoms with Gasteiger partial charge in [0.05, 0.1) is 17.5 Å². The molecule has 1 fully saturated rings. The highest BCUT2D eigenvalue weighted by Gasteiger charge is 2.35. The molecule has 0 saturated heterocycles. The van der Waals surface area contributed by atoms with Crippen LogP contribution < -0.4 is 10.1 Å². The number of amides is 1. The Bertz CT molecular complexity index is 550. The second-order valence-electron chi connectivity index (χ2n) is 5.20. The standard InChI is InChI=1S/C15H17F2NO4/c16-15(17)22-12-8-4-3-7-11(12)18-13(19)9-5-1-2-6-10(9)14(20)21/h3-4,7-10,15H,1-2,5-6H2,(H,18,19)(H,20,21)/t9-,10-/m0/s1. The fraction of sp³-hybridized carbons (Fsp3) is 0.467. The van der Waals surface area contributed by atoms with Crippen molar-refractivity contribution >= 4 is 17.6 Å². The molecule has 5 nitrogen and oxygen atoms in total. The highest BCUT2D eigenvalue weighted by Crippen LogP contribution is 2.33. The van der Waals surface area contributed by atoms with Crippen LogP contribution in [0.4, 0.5) is 14.5 Å². The van der Waals surface area contributed by atoms with Crippen LogP contribution in [-0.4, -0.2) is 23.6 Å². The maximum Gasteiger partial charge on any atom is 0.387 e. The average molecular weight is 313 g/mol. The molecule has 2 N–H and O–H groups in total. The van der Waals surface area contributed by atoms with Crippen molar-refractivity contribution in [3.63, 3.8) is 0 Å². The minimum atomic E-state index is -3.00. The summed E-state index contributed by atoms with van der Waals surface area (Å²) in [6.07, 6.45) is 2.46. The molecule has 1 saturated carbocycles. The lowest BCUT2D eigenvalue weighted by Crippen LogP contribution is -2.36. The molecule has 0 radical (unpaired) electrons. The highest BCUT2D eigenvalue weighted by atomic mass is 19.3. The van der Waals surface area contributed by atoms with Gasteiger partial charge < -0.3 is 15.2 Å². The number of rotatable bonds is 5. The van der Waals surface area contributed by atoms with Crippen LogP contribution in [0.25, 0.3) is 0 Å². The molecule has 1 aromatic rings.